The Morgan fingerprint density at radius 2 is 1.97 bits per heavy atom. The van der Waals surface area contributed by atoms with Gasteiger partial charge in [0.2, 0.25) is 0 Å². The van der Waals surface area contributed by atoms with Crippen LogP contribution in [0.15, 0.2) is 79.1 Å². The number of aromatic nitrogens is 2. The van der Waals surface area contributed by atoms with Gasteiger partial charge in [0.15, 0.2) is 0 Å². The molecule has 0 spiro atoms. The zero-order valence-electron chi connectivity index (χ0n) is 24.1. The van der Waals surface area contributed by atoms with E-state index < -0.39 is 0 Å². The standard InChI is InChI=1S/C27H33N3.C4H10S.C2H6/c1-5-20-13-21(6-2)15-23(14-20)19(4)28-24-9-7-8-22(16-24)17-27-29-25-11-10-18(3)12-26(25)30-27;1-4(2)5-3;1-2/h5-6,10-14,21-22,24,28H,1-2,4,7-9,15-17H2,3H3,(H,29,30);4H,1-3H3;1-2H3. The van der Waals surface area contributed by atoms with Crippen LogP contribution in [0, 0.1) is 18.8 Å². The molecule has 2 N–H and O–H groups in total. The van der Waals surface area contributed by atoms with E-state index in [0.29, 0.717) is 17.9 Å². The van der Waals surface area contributed by atoms with Crippen molar-refractivity contribution >= 4 is 22.8 Å². The van der Waals surface area contributed by atoms with E-state index in [2.05, 4.69) is 87.4 Å². The van der Waals surface area contributed by atoms with Crippen LogP contribution in [0.1, 0.15) is 71.2 Å². The molecule has 1 heterocycles. The summed E-state index contributed by atoms with van der Waals surface area (Å²) in [6, 6.07) is 6.90. The lowest BCUT2D eigenvalue weighted by Crippen LogP contribution is -2.34. The maximum absolute atomic E-state index is 4.82. The summed E-state index contributed by atoms with van der Waals surface area (Å²) < 4.78 is 0. The van der Waals surface area contributed by atoms with Crippen LogP contribution in [0.2, 0.25) is 0 Å². The average molecular weight is 520 g/mol. The molecule has 0 bridgehead atoms. The minimum absolute atomic E-state index is 0.354. The molecule has 2 aliphatic rings. The van der Waals surface area contributed by atoms with E-state index >= 15 is 0 Å². The first-order valence-electron chi connectivity index (χ1n) is 13.9. The molecule has 3 nitrogen and oxygen atoms in total. The zero-order chi connectivity index (χ0) is 27.4. The van der Waals surface area contributed by atoms with Crippen LogP contribution in [-0.2, 0) is 6.42 Å². The van der Waals surface area contributed by atoms with E-state index in [9.17, 15) is 0 Å². The molecule has 0 aliphatic heterocycles. The first kappa shape index (κ1) is 30.8. The van der Waals surface area contributed by atoms with Gasteiger partial charge in [0.05, 0.1) is 11.0 Å². The number of thioether (sulfide) groups is 1. The number of aryl methyl sites for hydroxylation is 1. The Balaban J connectivity index is 0.000000617. The molecule has 1 fully saturated rings. The second-order valence-electron chi connectivity index (χ2n) is 10.2. The number of aromatic amines is 1. The van der Waals surface area contributed by atoms with Crippen LogP contribution in [0.3, 0.4) is 0 Å². The Kier molecular flexibility index (Phi) is 13.1. The smallest absolute Gasteiger partial charge is 0.107 e. The molecule has 3 unspecified atom stereocenters. The van der Waals surface area contributed by atoms with Gasteiger partial charge in [0.1, 0.15) is 5.82 Å². The van der Waals surface area contributed by atoms with Gasteiger partial charge in [-0.1, -0.05) is 77.6 Å². The molecule has 1 aromatic heterocycles. The average Bonchev–Trinajstić information content (AvgIpc) is 3.31. The van der Waals surface area contributed by atoms with E-state index in [1.54, 1.807) is 0 Å². The van der Waals surface area contributed by atoms with Gasteiger partial charge in [-0.25, -0.2) is 4.98 Å². The second kappa shape index (κ2) is 15.7. The Bertz CT molecular complexity index is 1090. The third-order valence-corrected chi connectivity index (χ3v) is 7.87. The van der Waals surface area contributed by atoms with Gasteiger partial charge in [-0.3, -0.25) is 0 Å². The van der Waals surface area contributed by atoms with Crippen molar-refractivity contribution in [1.29, 1.82) is 0 Å². The normalized spacial score (nSPS) is 21.0. The van der Waals surface area contributed by atoms with Crippen molar-refractivity contribution in [1.82, 2.24) is 15.3 Å². The minimum atomic E-state index is 0.354. The van der Waals surface area contributed by atoms with Crippen molar-refractivity contribution in [3.8, 4) is 0 Å². The van der Waals surface area contributed by atoms with E-state index in [-0.39, 0.29) is 0 Å². The number of nitrogens with zero attached hydrogens (tertiary/aromatic N) is 1. The van der Waals surface area contributed by atoms with Crippen LogP contribution in [0.4, 0.5) is 0 Å². The molecule has 4 heteroatoms. The van der Waals surface area contributed by atoms with Crippen LogP contribution in [0.5, 0.6) is 0 Å². The first-order valence-corrected chi connectivity index (χ1v) is 15.2. The lowest BCUT2D eigenvalue weighted by atomic mass is 9.83. The molecule has 1 aromatic carbocycles. The molecule has 37 heavy (non-hydrogen) atoms. The third-order valence-electron chi connectivity index (χ3n) is 6.93. The maximum Gasteiger partial charge on any atom is 0.107 e. The van der Waals surface area contributed by atoms with Crippen molar-refractivity contribution < 1.29 is 0 Å². The summed E-state index contributed by atoms with van der Waals surface area (Å²) in [6.07, 6.45) is 17.3. The number of hydrogen-bond donors (Lipinski definition) is 2. The van der Waals surface area contributed by atoms with Crippen LogP contribution < -0.4 is 5.32 Å². The molecule has 0 saturated heterocycles. The molecule has 1 saturated carbocycles. The number of allylic oxidation sites excluding steroid dienone is 6. The number of rotatable bonds is 8. The highest BCUT2D eigenvalue weighted by molar-refractivity contribution is 7.99. The van der Waals surface area contributed by atoms with Crippen molar-refractivity contribution in [2.24, 2.45) is 11.8 Å². The number of fused-ring (bicyclic) bond motifs is 1. The van der Waals surface area contributed by atoms with E-state index in [1.165, 1.54) is 30.4 Å². The number of nitrogens with one attached hydrogen (secondary N) is 2. The van der Waals surface area contributed by atoms with Gasteiger partial charge in [0, 0.05) is 18.2 Å². The summed E-state index contributed by atoms with van der Waals surface area (Å²) in [7, 11) is 0. The number of hydrogen-bond acceptors (Lipinski definition) is 3. The van der Waals surface area contributed by atoms with Crippen LogP contribution in [-0.4, -0.2) is 27.5 Å². The van der Waals surface area contributed by atoms with Gasteiger partial charge in [-0.05, 0) is 84.8 Å². The predicted molar refractivity (Wildman–Crippen MR) is 167 cm³/mol. The predicted octanol–water partition coefficient (Wildman–Crippen LogP) is 9.10. The van der Waals surface area contributed by atoms with Gasteiger partial charge in [-0.2, -0.15) is 11.8 Å². The van der Waals surface area contributed by atoms with Gasteiger partial charge in [-0.15, -0.1) is 6.58 Å². The molecule has 4 rings (SSSR count). The number of H-pyrrole nitrogens is 1. The molecule has 0 amide bonds. The fourth-order valence-corrected chi connectivity index (χ4v) is 4.85. The quantitative estimate of drug-likeness (QED) is 0.342. The Morgan fingerprint density at radius 3 is 2.62 bits per heavy atom. The Hall–Kier alpha value is -2.46. The van der Waals surface area contributed by atoms with Crippen molar-refractivity contribution in [2.45, 2.75) is 84.4 Å². The lowest BCUT2D eigenvalue weighted by molar-refractivity contribution is 0.294. The summed E-state index contributed by atoms with van der Waals surface area (Å²) in [5.41, 5.74) is 6.97. The van der Waals surface area contributed by atoms with Gasteiger partial charge >= 0.3 is 0 Å². The van der Waals surface area contributed by atoms with E-state index in [4.69, 9.17) is 4.98 Å². The van der Waals surface area contributed by atoms with Crippen molar-refractivity contribution in [3.63, 3.8) is 0 Å². The van der Waals surface area contributed by atoms with E-state index in [0.717, 1.165) is 52.6 Å². The van der Waals surface area contributed by atoms with Crippen LogP contribution >= 0.6 is 11.8 Å². The van der Waals surface area contributed by atoms with Crippen molar-refractivity contribution in [3.05, 3.63) is 90.5 Å². The Labute approximate surface area is 230 Å². The molecular formula is C33H49N3S. The third kappa shape index (κ3) is 9.74. The number of benzene rings is 1. The fourth-order valence-electron chi connectivity index (χ4n) is 4.85. The first-order chi connectivity index (χ1) is 17.8. The molecular weight excluding hydrogens is 470 g/mol. The van der Waals surface area contributed by atoms with E-state index in [1.807, 2.05) is 37.8 Å². The fraction of sp³-hybridized carbons (Fsp3) is 0.485. The topological polar surface area (TPSA) is 40.7 Å². The summed E-state index contributed by atoms with van der Waals surface area (Å²) in [5, 5.41) is 4.54. The minimum Gasteiger partial charge on any atom is -0.383 e. The SMILES string of the molecule is C=CC1=CC(C=C)CC(C(=C)NC2CCCC(Cc3nc4ccc(C)cc4[nH]3)C2)=C1.CC.CSC(C)C. The molecule has 2 aliphatic carbocycles. The molecule has 0 radical (unpaired) electrons. The van der Waals surface area contributed by atoms with Crippen LogP contribution in [0.25, 0.3) is 11.0 Å². The summed E-state index contributed by atoms with van der Waals surface area (Å²) in [4.78, 5) is 8.35. The monoisotopic (exact) mass is 519 g/mol. The number of imidazole rings is 1. The maximum atomic E-state index is 4.82. The molecule has 3 atom stereocenters. The summed E-state index contributed by atoms with van der Waals surface area (Å²) in [5.74, 6) is 2.12. The Morgan fingerprint density at radius 1 is 1.24 bits per heavy atom. The van der Waals surface area contributed by atoms with Gasteiger partial charge < -0.3 is 10.3 Å². The lowest BCUT2D eigenvalue weighted by Gasteiger charge is -2.32. The van der Waals surface area contributed by atoms with Crippen molar-refractivity contribution in [2.75, 3.05) is 6.26 Å². The molecule has 202 valence electrons. The van der Waals surface area contributed by atoms with Gasteiger partial charge in [0.25, 0.3) is 0 Å². The highest BCUT2D eigenvalue weighted by atomic mass is 32.2. The summed E-state index contributed by atoms with van der Waals surface area (Å²) in [6.45, 7) is 22.7. The highest BCUT2D eigenvalue weighted by Crippen LogP contribution is 2.31. The molecule has 2 aromatic rings. The second-order valence-corrected chi connectivity index (χ2v) is 11.6. The summed E-state index contributed by atoms with van der Waals surface area (Å²) >= 11 is 1.88. The zero-order valence-corrected chi connectivity index (χ0v) is 24.9. The highest BCUT2D eigenvalue weighted by Gasteiger charge is 2.24. The largest absolute Gasteiger partial charge is 0.383 e.